The van der Waals surface area contributed by atoms with Crippen molar-refractivity contribution in [2.24, 2.45) is 28.0 Å². The summed E-state index contributed by atoms with van der Waals surface area (Å²) in [5, 5.41) is 5.27. The van der Waals surface area contributed by atoms with E-state index < -0.39 is 29.4 Å². The van der Waals surface area contributed by atoms with Gasteiger partial charge in [0.1, 0.15) is 11.6 Å². The molecule has 2 aromatic carbocycles. The fourth-order valence-electron chi connectivity index (χ4n) is 10.5. The normalized spacial score (nSPS) is 23.5. The Hall–Kier alpha value is -6.23. The van der Waals surface area contributed by atoms with Crippen molar-refractivity contribution in [1.82, 2.24) is 29.7 Å². The highest BCUT2D eigenvalue weighted by molar-refractivity contribution is 6.19. The number of aryl methyl sites for hydroxylation is 1. The SMILES string of the molecule is CN=C1OCCC[C@@H](C)Cn2c(nc3ccc(CN4CCC5(CC4)CCN(C(=O)C4CN(c6cc(F)c([C@H]7CCC(=O)NC7=O)c(F)c6)C4)CC5)cc32)NC(=O)c2cc(C)nc(c2)C1=CN. The summed E-state index contributed by atoms with van der Waals surface area (Å²) in [6, 6.07) is 12.3. The van der Waals surface area contributed by atoms with Crippen LogP contribution in [0.1, 0.15) is 97.1 Å². The number of imidazole rings is 1. The minimum atomic E-state index is -1.05. The van der Waals surface area contributed by atoms with Crippen molar-refractivity contribution in [2.75, 3.05) is 63.1 Å². The van der Waals surface area contributed by atoms with E-state index in [2.05, 4.69) is 49.1 Å². The Morgan fingerprint density at radius 3 is 2.38 bits per heavy atom. The fraction of sp³-hybridized carbons (Fsp3) is 0.490. The quantitative estimate of drug-likeness (QED) is 0.204. The molecule has 66 heavy (non-hydrogen) atoms. The van der Waals surface area contributed by atoms with Crippen molar-refractivity contribution >= 4 is 57.8 Å². The molecule has 4 fully saturated rings. The largest absolute Gasteiger partial charge is 0.477 e. The van der Waals surface area contributed by atoms with Gasteiger partial charge in [-0.25, -0.2) is 13.8 Å². The molecule has 0 unspecified atom stereocenters. The zero-order valence-electron chi connectivity index (χ0n) is 37.9. The number of nitrogens with zero attached hydrogens (tertiary/aromatic N) is 7. The number of hydrogen-bond donors (Lipinski definition) is 3. The van der Waals surface area contributed by atoms with E-state index in [0.29, 0.717) is 79.4 Å². The summed E-state index contributed by atoms with van der Waals surface area (Å²) in [6.07, 6.45) is 7.19. The van der Waals surface area contributed by atoms with Crippen LogP contribution in [-0.4, -0.2) is 107 Å². The third-order valence-corrected chi connectivity index (χ3v) is 14.4. The molecule has 4 saturated heterocycles. The number of aromatic nitrogens is 3. The maximum Gasteiger partial charge on any atom is 0.258 e. The molecule has 4 N–H and O–H groups in total. The van der Waals surface area contributed by atoms with Gasteiger partial charge in [-0.3, -0.25) is 44.7 Å². The van der Waals surface area contributed by atoms with Gasteiger partial charge < -0.3 is 24.8 Å². The molecule has 7 heterocycles. The Morgan fingerprint density at radius 2 is 1.68 bits per heavy atom. The summed E-state index contributed by atoms with van der Waals surface area (Å²) in [5.74, 6) is -3.15. The molecular weight excluding hydrogens is 847 g/mol. The van der Waals surface area contributed by atoms with Gasteiger partial charge in [0.2, 0.25) is 29.6 Å². The first-order valence-electron chi connectivity index (χ1n) is 23.2. The molecular formula is C49H58F2N10O5. The van der Waals surface area contributed by atoms with E-state index in [1.807, 2.05) is 17.9 Å². The van der Waals surface area contributed by atoms with Gasteiger partial charge in [-0.05, 0) is 118 Å². The molecule has 0 aliphatic carbocycles. The van der Waals surface area contributed by atoms with E-state index in [-0.39, 0.29) is 47.5 Å². The molecule has 2 atom stereocenters. The van der Waals surface area contributed by atoms with Crippen molar-refractivity contribution in [1.29, 1.82) is 0 Å². The Balaban J connectivity index is 0.803. The van der Waals surface area contributed by atoms with E-state index in [4.69, 9.17) is 15.5 Å². The van der Waals surface area contributed by atoms with E-state index >= 15 is 8.78 Å². The number of piperidine rings is 3. The number of hydrogen-bond acceptors (Lipinski definition) is 11. The fourth-order valence-corrected chi connectivity index (χ4v) is 10.5. The van der Waals surface area contributed by atoms with Gasteiger partial charge in [-0.1, -0.05) is 13.0 Å². The number of fused-ring (bicyclic) bond motifs is 5. The average molecular weight is 905 g/mol. The zero-order valence-corrected chi connectivity index (χ0v) is 37.9. The molecule has 0 saturated carbocycles. The summed E-state index contributed by atoms with van der Waals surface area (Å²) in [4.78, 5) is 71.4. The summed E-state index contributed by atoms with van der Waals surface area (Å²) >= 11 is 0. The lowest BCUT2D eigenvalue weighted by molar-refractivity contribution is -0.139. The first-order valence-corrected chi connectivity index (χ1v) is 23.2. The van der Waals surface area contributed by atoms with E-state index in [9.17, 15) is 19.2 Å². The Kier molecular flexibility index (Phi) is 12.6. The van der Waals surface area contributed by atoms with E-state index in [0.717, 1.165) is 69.2 Å². The lowest BCUT2D eigenvalue weighted by Crippen LogP contribution is -2.57. The van der Waals surface area contributed by atoms with Crippen LogP contribution in [0.2, 0.25) is 0 Å². The Labute approximate surface area is 382 Å². The number of anilines is 2. The first-order chi connectivity index (χ1) is 31.8. The monoisotopic (exact) mass is 904 g/mol. The summed E-state index contributed by atoms with van der Waals surface area (Å²) < 4.78 is 38.6. The van der Waals surface area contributed by atoms with Crippen LogP contribution in [-0.2, 0) is 32.2 Å². The lowest BCUT2D eigenvalue weighted by atomic mass is 9.71. The number of aliphatic imine (C=N–C) groups is 1. The predicted molar refractivity (Wildman–Crippen MR) is 246 cm³/mol. The number of carbonyl (C=O) groups is 4. The number of likely N-dealkylation sites (tertiary alicyclic amines) is 2. The van der Waals surface area contributed by atoms with Gasteiger partial charge in [0, 0.05) is 81.4 Å². The Bertz CT molecular complexity index is 2600. The smallest absolute Gasteiger partial charge is 0.258 e. The third-order valence-electron chi connectivity index (χ3n) is 14.4. The molecule has 2 bridgehead atoms. The predicted octanol–water partition coefficient (Wildman–Crippen LogP) is 5.91. The molecule has 2 aromatic heterocycles. The highest BCUT2D eigenvalue weighted by Crippen LogP contribution is 2.43. The molecule has 0 radical (unpaired) electrons. The van der Waals surface area contributed by atoms with Gasteiger partial charge >= 0.3 is 0 Å². The number of carbonyl (C=O) groups excluding carboxylic acids is 4. The van der Waals surface area contributed by atoms with Crippen molar-refractivity contribution in [3.05, 3.63) is 88.4 Å². The summed E-state index contributed by atoms with van der Waals surface area (Å²) in [6.45, 7) is 10.0. The number of halogens is 2. The van der Waals surface area contributed by atoms with Crippen LogP contribution in [0.15, 0.2) is 53.7 Å². The molecule has 5 aliphatic heterocycles. The second-order valence-electron chi connectivity index (χ2n) is 18.9. The van der Waals surface area contributed by atoms with Gasteiger partial charge in [-0.2, -0.15) is 0 Å². The number of rotatable bonds is 5. The minimum absolute atomic E-state index is 0.0286. The van der Waals surface area contributed by atoms with Crippen molar-refractivity contribution in [2.45, 2.75) is 84.2 Å². The topological polar surface area (TPSA) is 180 Å². The number of nitrogens with one attached hydrogen (secondary N) is 2. The van der Waals surface area contributed by atoms with Crippen LogP contribution in [0.4, 0.5) is 20.4 Å². The third kappa shape index (κ3) is 9.13. The number of imide groups is 1. The molecule has 348 valence electrons. The van der Waals surface area contributed by atoms with Gasteiger partial charge in [0.05, 0.1) is 40.7 Å². The van der Waals surface area contributed by atoms with Crippen molar-refractivity contribution in [3.8, 4) is 0 Å². The molecule has 17 heteroatoms. The van der Waals surface area contributed by atoms with Crippen LogP contribution in [0.5, 0.6) is 0 Å². The lowest BCUT2D eigenvalue weighted by Gasteiger charge is -2.48. The molecule has 9 rings (SSSR count). The van der Waals surface area contributed by atoms with Crippen LogP contribution in [0, 0.1) is 35.8 Å². The van der Waals surface area contributed by atoms with E-state index in [1.54, 1.807) is 24.1 Å². The summed E-state index contributed by atoms with van der Waals surface area (Å²) in [5.41, 5.74) is 11.3. The highest BCUT2D eigenvalue weighted by Gasteiger charge is 2.42. The number of benzene rings is 2. The highest BCUT2D eigenvalue weighted by atomic mass is 19.1. The number of nitrogens with two attached hydrogens (primary N) is 1. The number of pyridine rings is 1. The van der Waals surface area contributed by atoms with Gasteiger partial charge in [0.25, 0.3) is 5.91 Å². The molecule has 4 aromatic rings. The van der Waals surface area contributed by atoms with Crippen molar-refractivity contribution in [3.63, 3.8) is 0 Å². The van der Waals surface area contributed by atoms with Gasteiger partial charge in [0.15, 0.2) is 0 Å². The number of ether oxygens (including phenoxy) is 1. The van der Waals surface area contributed by atoms with Gasteiger partial charge in [-0.15, -0.1) is 0 Å². The van der Waals surface area contributed by atoms with Crippen LogP contribution in [0.3, 0.4) is 0 Å². The van der Waals surface area contributed by atoms with Crippen molar-refractivity contribution < 1.29 is 32.7 Å². The molecule has 5 aliphatic rings. The molecule has 4 amide bonds. The molecule has 15 nitrogen and oxygen atoms in total. The summed E-state index contributed by atoms with van der Waals surface area (Å²) in [7, 11) is 1.65. The maximum atomic E-state index is 15.2. The average Bonchev–Trinajstić information content (AvgIpc) is 3.60. The second-order valence-corrected chi connectivity index (χ2v) is 18.9. The minimum Gasteiger partial charge on any atom is -0.477 e. The van der Waals surface area contributed by atoms with Crippen LogP contribution >= 0.6 is 0 Å². The zero-order chi connectivity index (χ0) is 46.3. The van der Waals surface area contributed by atoms with Crippen LogP contribution in [0.25, 0.3) is 16.6 Å². The standard InChI is InChI=1S/C49H58F2N10O5/c1-29-5-4-18-66-46(53-3)36(24-52)40-21-32(19-30(2)54-40)44(63)57-48-55-39-8-6-31(20-41(39)61(48)25-29)26-58-14-10-49(11-15-58)12-16-59(17-13-49)47(65)33-27-60(28-33)34-22-37(50)43(38(51)23-34)35-7-9-42(62)56-45(35)64/h6,8,19-24,29,33,35H,4-5,7,9-18,25-28,52H2,1-3H3,(H,55,57,63)(H,56,62,64)/t29-,35-/m1/s1. The Morgan fingerprint density at radius 1 is 0.955 bits per heavy atom. The second kappa shape index (κ2) is 18.6. The maximum absolute atomic E-state index is 15.2. The number of amides is 4. The van der Waals surface area contributed by atoms with E-state index in [1.165, 1.54) is 23.9 Å². The molecule has 1 spiro atoms. The van der Waals surface area contributed by atoms with Crippen LogP contribution < -0.4 is 21.3 Å². The first kappa shape index (κ1) is 44.9.